The first-order valence-electron chi connectivity index (χ1n) is 5.24. The first kappa shape index (κ1) is 10.2. The van der Waals surface area contributed by atoms with Crippen LogP contribution in [0.1, 0.15) is 25.3 Å². The number of H-pyrrole nitrogens is 1. The zero-order valence-corrected chi connectivity index (χ0v) is 8.48. The number of hydrogen-bond acceptors (Lipinski definition) is 3. The van der Waals surface area contributed by atoms with Crippen LogP contribution < -0.4 is 16.9 Å². The Kier molecular flexibility index (Phi) is 2.73. The van der Waals surface area contributed by atoms with E-state index in [2.05, 4.69) is 5.10 Å². The van der Waals surface area contributed by atoms with Crippen LogP contribution in [0.4, 0.5) is 0 Å². The van der Waals surface area contributed by atoms with E-state index >= 15 is 0 Å². The summed E-state index contributed by atoms with van der Waals surface area (Å²) >= 11 is 0. The molecule has 1 aliphatic carbocycles. The quantitative estimate of drug-likeness (QED) is 0.710. The molecule has 0 saturated heterocycles. The fourth-order valence-electron chi connectivity index (χ4n) is 2.32. The van der Waals surface area contributed by atoms with Crippen LogP contribution in [0.25, 0.3) is 0 Å². The van der Waals surface area contributed by atoms with Crippen molar-refractivity contribution in [1.82, 2.24) is 9.78 Å². The average molecular weight is 209 g/mol. The van der Waals surface area contributed by atoms with E-state index in [-0.39, 0.29) is 17.2 Å². The van der Waals surface area contributed by atoms with Gasteiger partial charge >= 0.3 is 0 Å². The zero-order chi connectivity index (χ0) is 10.8. The van der Waals surface area contributed by atoms with Crippen molar-refractivity contribution in [1.29, 1.82) is 0 Å². The highest BCUT2D eigenvalue weighted by molar-refractivity contribution is 4.91. The molecule has 0 aliphatic heterocycles. The van der Waals surface area contributed by atoms with E-state index in [1.54, 1.807) is 0 Å². The van der Waals surface area contributed by atoms with Crippen LogP contribution in [0.3, 0.4) is 0 Å². The number of hydrogen-bond donors (Lipinski definition) is 2. The second-order valence-corrected chi connectivity index (χ2v) is 4.01. The molecule has 5 nitrogen and oxygen atoms in total. The number of nitrogens with two attached hydrogens (primary N) is 1. The normalized spacial score (nSPS) is 25.7. The van der Waals surface area contributed by atoms with E-state index in [4.69, 9.17) is 5.73 Å². The van der Waals surface area contributed by atoms with Crippen molar-refractivity contribution in [3.05, 3.63) is 32.8 Å². The highest BCUT2D eigenvalue weighted by Crippen LogP contribution is 2.33. The molecule has 0 spiro atoms. The van der Waals surface area contributed by atoms with Crippen molar-refractivity contribution in [2.24, 2.45) is 11.7 Å². The average Bonchev–Trinajstić information content (AvgIpc) is 2.69. The van der Waals surface area contributed by atoms with Crippen molar-refractivity contribution >= 4 is 0 Å². The standard InChI is InChI=1S/C10H15N3O2/c11-6-7-2-1-3-8(7)13-10(15)5-4-9(14)12-13/h4-5,7-8H,1-3,6,11H2,(H,12,14). The Labute approximate surface area is 86.9 Å². The summed E-state index contributed by atoms with van der Waals surface area (Å²) in [7, 11) is 0. The van der Waals surface area contributed by atoms with E-state index < -0.39 is 0 Å². The van der Waals surface area contributed by atoms with E-state index in [1.165, 1.54) is 16.8 Å². The third-order valence-corrected chi connectivity index (χ3v) is 3.10. The lowest BCUT2D eigenvalue weighted by atomic mass is 10.0. The maximum atomic E-state index is 11.6. The van der Waals surface area contributed by atoms with Gasteiger partial charge in [-0.25, -0.2) is 4.68 Å². The van der Waals surface area contributed by atoms with E-state index in [1.807, 2.05) is 0 Å². The molecule has 15 heavy (non-hydrogen) atoms. The molecule has 1 aliphatic rings. The van der Waals surface area contributed by atoms with Crippen LogP contribution in [0.5, 0.6) is 0 Å². The number of aromatic nitrogens is 2. The van der Waals surface area contributed by atoms with Crippen molar-refractivity contribution in [2.75, 3.05) is 6.54 Å². The monoisotopic (exact) mass is 209 g/mol. The van der Waals surface area contributed by atoms with Crippen molar-refractivity contribution in [3.63, 3.8) is 0 Å². The molecule has 1 aromatic heterocycles. The molecule has 1 fully saturated rings. The number of rotatable bonds is 2. The second-order valence-electron chi connectivity index (χ2n) is 4.01. The zero-order valence-electron chi connectivity index (χ0n) is 8.48. The molecule has 0 amide bonds. The van der Waals surface area contributed by atoms with Gasteiger partial charge in [0.05, 0.1) is 6.04 Å². The lowest BCUT2D eigenvalue weighted by Crippen LogP contribution is -2.34. The van der Waals surface area contributed by atoms with Gasteiger partial charge in [0.25, 0.3) is 11.1 Å². The molecule has 0 bridgehead atoms. The number of aromatic amines is 1. The van der Waals surface area contributed by atoms with Gasteiger partial charge in [-0.2, -0.15) is 0 Å². The van der Waals surface area contributed by atoms with Crippen molar-refractivity contribution in [3.8, 4) is 0 Å². The molecule has 1 aromatic rings. The summed E-state index contributed by atoms with van der Waals surface area (Å²) in [5, 5.41) is 2.57. The third-order valence-electron chi connectivity index (χ3n) is 3.10. The Bertz CT molecular complexity index is 448. The summed E-state index contributed by atoms with van der Waals surface area (Å²) in [6, 6.07) is 2.63. The Morgan fingerprint density at radius 2 is 2.20 bits per heavy atom. The summed E-state index contributed by atoms with van der Waals surface area (Å²) in [6.07, 6.45) is 3.02. The maximum Gasteiger partial charge on any atom is 0.265 e. The van der Waals surface area contributed by atoms with Gasteiger partial charge in [-0.05, 0) is 25.3 Å². The molecule has 2 unspecified atom stereocenters. The van der Waals surface area contributed by atoms with Crippen LogP contribution in [-0.4, -0.2) is 16.3 Å². The predicted molar refractivity (Wildman–Crippen MR) is 56.8 cm³/mol. The Morgan fingerprint density at radius 3 is 2.93 bits per heavy atom. The molecule has 2 atom stereocenters. The smallest absolute Gasteiger partial charge is 0.265 e. The summed E-state index contributed by atoms with van der Waals surface area (Å²) in [5.41, 5.74) is 5.25. The molecular weight excluding hydrogens is 194 g/mol. The van der Waals surface area contributed by atoms with Crippen LogP contribution in [0.15, 0.2) is 21.7 Å². The Hall–Kier alpha value is -1.36. The minimum atomic E-state index is -0.239. The number of nitrogens with zero attached hydrogens (tertiary/aromatic N) is 1. The van der Waals surface area contributed by atoms with E-state index in [0.29, 0.717) is 12.5 Å². The molecule has 0 radical (unpaired) electrons. The van der Waals surface area contributed by atoms with Crippen LogP contribution in [0, 0.1) is 5.92 Å². The first-order valence-corrected chi connectivity index (χ1v) is 5.24. The fraction of sp³-hybridized carbons (Fsp3) is 0.600. The third kappa shape index (κ3) is 1.87. The molecular formula is C10H15N3O2. The van der Waals surface area contributed by atoms with Gasteiger partial charge in [0.2, 0.25) is 0 Å². The molecule has 1 heterocycles. The molecule has 82 valence electrons. The lowest BCUT2D eigenvalue weighted by Gasteiger charge is -2.19. The minimum Gasteiger partial charge on any atom is -0.330 e. The van der Waals surface area contributed by atoms with Gasteiger partial charge in [0, 0.05) is 12.1 Å². The van der Waals surface area contributed by atoms with Gasteiger partial charge in [0.1, 0.15) is 0 Å². The molecule has 5 heteroatoms. The Balaban J connectivity index is 2.40. The SMILES string of the molecule is NCC1CCCC1n1[nH]c(=O)ccc1=O. The maximum absolute atomic E-state index is 11.6. The molecule has 2 rings (SSSR count). The molecule has 0 aromatic carbocycles. The van der Waals surface area contributed by atoms with Gasteiger partial charge in [-0.15, -0.1) is 0 Å². The van der Waals surface area contributed by atoms with Gasteiger partial charge in [0.15, 0.2) is 0 Å². The fourth-order valence-corrected chi connectivity index (χ4v) is 2.32. The molecule has 1 saturated carbocycles. The van der Waals surface area contributed by atoms with Crippen LogP contribution in [0.2, 0.25) is 0 Å². The summed E-state index contributed by atoms with van der Waals surface area (Å²) in [4.78, 5) is 22.7. The topological polar surface area (TPSA) is 80.9 Å². The van der Waals surface area contributed by atoms with Crippen molar-refractivity contribution in [2.45, 2.75) is 25.3 Å². The number of nitrogens with one attached hydrogen (secondary N) is 1. The van der Waals surface area contributed by atoms with Gasteiger partial charge in [-0.1, -0.05) is 6.42 Å². The van der Waals surface area contributed by atoms with Crippen LogP contribution >= 0.6 is 0 Å². The highest BCUT2D eigenvalue weighted by Gasteiger charge is 2.28. The first-order chi connectivity index (χ1) is 7.22. The lowest BCUT2D eigenvalue weighted by molar-refractivity contribution is 0.342. The van der Waals surface area contributed by atoms with Crippen LogP contribution in [-0.2, 0) is 0 Å². The highest BCUT2D eigenvalue weighted by atomic mass is 16.1. The Morgan fingerprint density at radius 1 is 1.40 bits per heavy atom. The summed E-state index contributed by atoms with van der Waals surface area (Å²) in [5.74, 6) is 0.306. The van der Waals surface area contributed by atoms with E-state index in [9.17, 15) is 9.59 Å². The van der Waals surface area contributed by atoms with Crippen molar-refractivity contribution < 1.29 is 0 Å². The largest absolute Gasteiger partial charge is 0.330 e. The van der Waals surface area contributed by atoms with Gasteiger partial charge in [-0.3, -0.25) is 14.7 Å². The van der Waals surface area contributed by atoms with E-state index in [0.717, 1.165) is 19.3 Å². The second kappa shape index (κ2) is 4.02. The summed E-state index contributed by atoms with van der Waals surface area (Å²) in [6.45, 7) is 0.564. The molecule has 3 N–H and O–H groups in total. The predicted octanol–water partition coefficient (Wildman–Crippen LogP) is -0.163. The minimum absolute atomic E-state index is 0.0661. The summed E-state index contributed by atoms with van der Waals surface area (Å²) < 4.78 is 1.44. The van der Waals surface area contributed by atoms with Gasteiger partial charge < -0.3 is 5.73 Å².